The van der Waals surface area contributed by atoms with E-state index >= 15 is 0 Å². The molecule has 23 heavy (non-hydrogen) atoms. The number of carbonyl (C=O) groups is 1. The van der Waals surface area contributed by atoms with Crippen LogP contribution < -0.4 is 4.74 Å². The van der Waals surface area contributed by atoms with Crippen molar-refractivity contribution in [2.75, 3.05) is 6.73 Å². The lowest BCUT2D eigenvalue weighted by molar-refractivity contribution is -0.165. The number of aliphatic hydroxyl groups excluding tert-OH is 2. The molecule has 0 amide bonds. The monoisotopic (exact) mass is 315 g/mol. The van der Waals surface area contributed by atoms with E-state index in [9.17, 15) is 15.0 Å². The molecule has 6 nitrogen and oxygen atoms in total. The molecule has 2 atom stereocenters. The zero-order valence-corrected chi connectivity index (χ0v) is 12.5. The number of rotatable bonds is 4. The number of benzene rings is 2. The van der Waals surface area contributed by atoms with E-state index in [-0.39, 0.29) is 6.73 Å². The van der Waals surface area contributed by atoms with Gasteiger partial charge in [0.05, 0.1) is 0 Å². The third-order valence-electron chi connectivity index (χ3n) is 3.64. The Labute approximate surface area is 133 Å². The molecule has 0 saturated carbocycles. The van der Waals surface area contributed by atoms with Crippen LogP contribution >= 0.6 is 0 Å². The number of hydrogen-bond donors (Lipinski definition) is 2. The maximum Gasteiger partial charge on any atom is 0.303 e. The fourth-order valence-corrected chi connectivity index (χ4v) is 2.50. The van der Waals surface area contributed by atoms with E-state index in [1.54, 1.807) is 18.2 Å². The third-order valence-corrected chi connectivity index (χ3v) is 3.64. The SMILES string of the molecule is CC(=O)OCN1C(O)c2ccc(Oc3ccccc3)cc2C1O. The van der Waals surface area contributed by atoms with Gasteiger partial charge in [-0.1, -0.05) is 24.3 Å². The lowest BCUT2D eigenvalue weighted by Gasteiger charge is -2.22. The van der Waals surface area contributed by atoms with Gasteiger partial charge < -0.3 is 19.7 Å². The quantitative estimate of drug-likeness (QED) is 0.843. The van der Waals surface area contributed by atoms with Crippen molar-refractivity contribution in [3.63, 3.8) is 0 Å². The first-order chi connectivity index (χ1) is 11.1. The van der Waals surface area contributed by atoms with Crippen molar-refractivity contribution in [1.82, 2.24) is 4.90 Å². The molecule has 3 rings (SSSR count). The Bertz CT molecular complexity index is 703. The molecule has 2 aromatic carbocycles. The summed E-state index contributed by atoms with van der Waals surface area (Å²) in [4.78, 5) is 12.2. The van der Waals surface area contributed by atoms with Crippen LogP contribution in [0.3, 0.4) is 0 Å². The number of hydrogen-bond acceptors (Lipinski definition) is 6. The maximum absolute atomic E-state index is 10.9. The first-order valence-electron chi connectivity index (χ1n) is 7.18. The number of nitrogens with zero attached hydrogens (tertiary/aromatic N) is 1. The van der Waals surface area contributed by atoms with Gasteiger partial charge in [0.25, 0.3) is 0 Å². The summed E-state index contributed by atoms with van der Waals surface area (Å²) in [5.41, 5.74) is 1.09. The third kappa shape index (κ3) is 3.19. The molecular weight excluding hydrogens is 298 g/mol. The Morgan fingerprint density at radius 1 is 1.04 bits per heavy atom. The first-order valence-corrected chi connectivity index (χ1v) is 7.18. The largest absolute Gasteiger partial charge is 0.457 e. The molecule has 1 aliphatic rings. The number of carbonyl (C=O) groups excluding carboxylic acids is 1. The second-order valence-electron chi connectivity index (χ2n) is 5.23. The molecule has 2 aromatic rings. The van der Waals surface area contributed by atoms with Gasteiger partial charge in [0, 0.05) is 18.1 Å². The summed E-state index contributed by atoms with van der Waals surface area (Å²) in [5.74, 6) is 0.751. The average Bonchev–Trinajstić information content (AvgIpc) is 2.77. The van der Waals surface area contributed by atoms with Crippen LogP contribution in [0.1, 0.15) is 30.5 Å². The average molecular weight is 315 g/mol. The predicted molar refractivity (Wildman–Crippen MR) is 81.3 cm³/mol. The Morgan fingerprint density at radius 3 is 2.43 bits per heavy atom. The van der Waals surface area contributed by atoms with Crippen LogP contribution in [-0.4, -0.2) is 27.8 Å². The van der Waals surface area contributed by atoms with Crippen molar-refractivity contribution in [2.24, 2.45) is 0 Å². The summed E-state index contributed by atoms with van der Waals surface area (Å²) in [6.45, 7) is 1.08. The number of aliphatic hydroxyl groups is 2. The number of ether oxygens (including phenoxy) is 2. The van der Waals surface area contributed by atoms with Crippen molar-refractivity contribution in [1.29, 1.82) is 0 Å². The van der Waals surface area contributed by atoms with Gasteiger partial charge in [0.15, 0.2) is 0 Å². The first kappa shape index (κ1) is 15.5. The van der Waals surface area contributed by atoms with E-state index in [2.05, 4.69) is 0 Å². The highest BCUT2D eigenvalue weighted by molar-refractivity contribution is 5.65. The molecule has 0 radical (unpaired) electrons. The lowest BCUT2D eigenvalue weighted by Crippen LogP contribution is -2.29. The molecule has 2 N–H and O–H groups in total. The topological polar surface area (TPSA) is 79.2 Å². The lowest BCUT2D eigenvalue weighted by atomic mass is 10.1. The second kappa shape index (κ2) is 6.37. The molecule has 1 aliphatic heterocycles. The summed E-state index contributed by atoms with van der Waals surface area (Å²) in [6, 6.07) is 14.3. The van der Waals surface area contributed by atoms with Gasteiger partial charge in [-0.25, -0.2) is 4.90 Å². The van der Waals surface area contributed by atoms with Gasteiger partial charge in [-0.15, -0.1) is 0 Å². The highest BCUT2D eigenvalue weighted by Gasteiger charge is 2.37. The van der Waals surface area contributed by atoms with Crippen molar-refractivity contribution in [3.05, 3.63) is 59.7 Å². The van der Waals surface area contributed by atoms with Crippen molar-refractivity contribution in [3.8, 4) is 11.5 Å². The molecule has 0 saturated heterocycles. The van der Waals surface area contributed by atoms with Crippen LogP contribution in [0.5, 0.6) is 11.5 Å². The molecule has 0 bridgehead atoms. The minimum Gasteiger partial charge on any atom is -0.457 e. The van der Waals surface area contributed by atoms with Crippen molar-refractivity contribution in [2.45, 2.75) is 19.4 Å². The van der Waals surface area contributed by atoms with Crippen LogP contribution in [0.2, 0.25) is 0 Å². The van der Waals surface area contributed by atoms with Crippen LogP contribution in [0, 0.1) is 0 Å². The smallest absolute Gasteiger partial charge is 0.303 e. The second-order valence-corrected chi connectivity index (χ2v) is 5.23. The van der Waals surface area contributed by atoms with Crippen LogP contribution in [0.4, 0.5) is 0 Å². The van der Waals surface area contributed by atoms with Crippen LogP contribution in [0.25, 0.3) is 0 Å². The highest BCUT2D eigenvalue weighted by atomic mass is 16.5. The fourth-order valence-electron chi connectivity index (χ4n) is 2.50. The summed E-state index contributed by atoms with van der Waals surface area (Å²) in [6.07, 6.45) is -2.11. The molecule has 1 heterocycles. The molecule has 0 aromatic heterocycles. The molecule has 120 valence electrons. The van der Waals surface area contributed by atoms with Gasteiger partial charge in [0.2, 0.25) is 0 Å². The van der Waals surface area contributed by atoms with Gasteiger partial charge in [-0.2, -0.15) is 0 Å². The van der Waals surface area contributed by atoms with Crippen LogP contribution in [-0.2, 0) is 9.53 Å². The molecule has 6 heteroatoms. The van der Waals surface area contributed by atoms with Gasteiger partial charge in [0.1, 0.15) is 30.7 Å². The predicted octanol–water partition coefficient (Wildman–Crippen LogP) is 2.30. The zero-order chi connectivity index (χ0) is 16.4. The van der Waals surface area contributed by atoms with Crippen LogP contribution in [0.15, 0.2) is 48.5 Å². The number of esters is 1. The fraction of sp³-hybridized carbons (Fsp3) is 0.235. The molecular formula is C17H17NO5. The Balaban J connectivity index is 1.80. The molecule has 0 aliphatic carbocycles. The normalized spacial score (nSPS) is 20.1. The Morgan fingerprint density at radius 2 is 1.74 bits per heavy atom. The van der Waals surface area contributed by atoms with E-state index in [0.717, 1.165) is 0 Å². The minimum absolute atomic E-state index is 0.193. The van der Waals surface area contributed by atoms with Gasteiger partial charge in [-0.3, -0.25) is 4.79 Å². The van der Waals surface area contributed by atoms with E-state index < -0.39 is 18.4 Å². The summed E-state index contributed by atoms with van der Waals surface area (Å²) in [5, 5.41) is 20.6. The Kier molecular flexibility index (Phi) is 4.29. The van der Waals surface area contributed by atoms with Crippen molar-refractivity contribution >= 4 is 5.97 Å². The maximum atomic E-state index is 10.9. The van der Waals surface area contributed by atoms with Gasteiger partial charge in [-0.05, 0) is 24.3 Å². The molecule has 0 fully saturated rings. The Hall–Kier alpha value is -2.41. The van der Waals surface area contributed by atoms with E-state index in [0.29, 0.717) is 22.6 Å². The highest BCUT2D eigenvalue weighted by Crippen LogP contribution is 2.41. The molecule has 0 spiro atoms. The summed E-state index contributed by atoms with van der Waals surface area (Å²) in [7, 11) is 0. The van der Waals surface area contributed by atoms with Crippen molar-refractivity contribution < 1.29 is 24.5 Å². The van der Waals surface area contributed by atoms with E-state index in [1.165, 1.54) is 11.8 Å². The molecule has 2 unspecified atom stereocenters. The zero-order valence-electron chi connectivity index (χ0n) is 12.5. The van der Waals surface area contributed by atoms with E-state index in [1.807, 2.05) is 30.3 Å². The van der Waals surface area contributed by atoms with E-state index in [4.69, 9.17) is 9.47 Å². The minimum atomic E-state index is -1.07. The summed E-state index contributed by atoms with van der Waals surface area (Å²) >= 11 is 0. The number of fused-ring (bicyclic) bond motifs is 1. The summed E-state index contributed by atoms with van der Waals surface area (Å²) < 4.78 is 10.6. The standard InChI is InChI=1S/C17H17NO5/c1-11(19)22-10-18-16(20)14-8-7-13(9-15(14)17(18)21)23-12-5-3-2-4-6-12/h2-9,16-17,20-21H,10H2,1H3. The number of para-hydroxylation sites is 1. The van der Waals surface area contributed by atoms with Gasteiger partial charge >= 0.3 is 5.97 Å².